The fourth-order valence-corrected chi connectivity index (χ4v) is 1.47. The number of nitrogen functional groups attached to an aromatic ring is 1. The first kappa shape index (κ1) is 11.3. The van der Waals surface area contributed by atoms with Gasteiger partial charge in [0.2, 0.25) is 0 Å². The van der Waals surface area contributed by atoms with Gasteiger partial charge >= 0.3 is 0 Å². The number of ether oxygens (including phenoxy) is 1. The van der Waals surface area contributed by atoms with Gasteiger partial charge in [-0.3, -0.25) is 4.79 Å². The molecule has 0 bridgehead atoms. The van der Waals surface area contributed by atoms with E-state index in [1.165, 1.54) is 6.07 Å². The summed E-state index contributed by atoms with van der Waals surface area (Å²) in [6.07, 6.45) is 1.74. The maximum atomic E-state index is 11.4. The minimum absolute atomic E-state index is 0.0200. The highest BCUT2D eigenvalue weighted by Gasteiger charge is 1.96. The molecule has 0 saturated heterocycles. The number of nitrogens with zero attached hydrogens (tertiary/aromatic N) is 1. The van der Waals surface area contributed by atoms with Crippen molar-refractivity contribution in [3.05, 3.63) is 59.0 Å². The number of benzene rings is 1. The van der Waals surface area contributed by atoms with Crippen LogP contribution in [0.1, 0.15) is 0 Å². The predicted molar refractivity (Wildman–Crippen MR) is 67.1 cm³/mol. The van der Waals surface area contributed by atoms with E-state index in [1.54, 1.807) is 29.0 Å². The van der Waals surface area contributed by atoms with E-state index >= 15 is 0 Å². The van der Waals surface area contributed by atoms with E-state index in [0.29, 0.717) is 18.8 Å². The van der Waals surface area contributed by atoms with E-state index in [4.69, 9.17) is 10.5 Å². The number of hydrogen-bond donors (Lipinski definition) is 1. The van der Waals surface area contributed by atoms with Crippen LogP contribution in [-0.2, 0) is 6.54 Å². The quantitative estimate of drug-likeness (QED) is 0.810. The zero-order chi connectivity index (χ0) is 12.1. The van der Waals surface area contributed by atoms with Gasteiger partial charge in [0, 0.05) is 18.0 Å². The van der Waals surface area contributed by atoms with Crippen molar-refractivity contribution in [1.29, 1.82) is 0 Å². The van der Waals surface area contributed by atoms with Gasteiger partial charge in [-0.05, 0) is 30.3 Å². The molecular weight excluding hydrogens is 216 g/mol. The van der Waals surface area contributed by atoms with Gasteiger partial charge in [0.05, 0.1) is 6.54 Å². The van der Waals surface area contributed by atoms with Crippen LogP contribution < -0.4 is 16.0 Å². The van der Waals surface area contributed by atoms with Crippen LogP contribution in [-0.4, -0.2) is 11.2 Å². The largest absolute Gasteiger partial charge is 0.492 e. The molecule has 0 aliphatic rings. The molecule has 2 N–H and O–H groups in total. The van der Waals surface area contributed by atoms with Crippen molar-refractivity contribution in [2.75, 3.05) is 12.3 Å². The molecule has 0 amide bonds. The summed E-state index contributed by atoms with van der Waals surface area (Å²) < 4.78 is 7.11. The minimum Gasteiger partial charge on any atom is -0.492 e. The Morgan fingerprint density at radius 2 is 1.88 bits per heavy atom. The van der Waals surface area contributed by atoms with Crippen molar-refractivity contribution >= 4 is 5.69 Å². The SMILES string of the molecule is Nc1ccc(OCCn2ccccc2=O)cc1. The molecule has 0 aliphatic carbocycles. The van der Waals surface area contributed by atoms with Crippen molar-refractivity contribution in [2.24, 2.45) is 0 Å². The molecule has 0 unspecified atom stereocenters. The molecular formula is C13H14N2O2. The molecule has 2 aromatic rings. The summed E-state index contributed by atoms with van der Waals surface area (Å²) in [4.78, 5) is 11.4. The molecule has 88 valence electrons. The lowest BCUT2D eigenvalue weighted by atomic mass is 10.3. The first-order valence-corrected chi connectivity index (χ1v) is 5.39. The van der Waals surface area contributed by atoms with Crippen LogP contribution in [0.2, 0.25) is 0 Å². The number of nitrogens with two attached hydrogens (primary N) is 1. The third-order valence-electron chi connectivity index (χ3n) is 2.38. The van der Waals surface area contributed by atoms with Crippen LogP contribution >= 0.6 is 0 Å². The fraction of sp³-hybridized carbons (Fsp3) is 0.154. The van der Waals surface area contributed by atoms with Gasteiger partial charge in [-0.1, -0.05) is 6.07 Å². The summed E-state index contributed by atoms with van der Waals surface area (Å²) in [7, 11) is 0. The molecule has 4 heteroatoms. The Morgan fingerprint density at radius 3 is 2.59 bits per heavy atom. The van der Waals surface area contributed by atoms with Crippen LogP contribution in [0, 0.1) is 0 Å². The normalized spacial score (nSPS) is 10.1. The Kier molecular flexibility index (Phi) is 3.45. The van der Waals surface area contributed by atoms with Gasteiger partial charge in [-0.2, -0.15) is 0 Å². The van der Waals surface area contributed by atoms with Gasteiger partial charge in [-0.15, -0.1) is 0 Å². The maximum Gasteiger partial charge on any atom is 0.250 e. The molecule has 17 heavy (non-hydrogen) atoms. The second-order valence-electron chi connectivity index (χ2n) is 3.65. The van der Waals surface area contributed by atoms with Crippen molar-refractivity contribution < 1.29 is 4.74 Å². The van der Waals surface area contributed by atoms with E-state index in [2.05, 4.69) is 0 Å². The van der Waals surface area contributed by atoms with Gasteiger partial charge < -0.3 is 15.0 Å². The smallest absolute Gasteiger partial charge is 0.250 e. The molecule has 0 fully saturated rings. The fourth-order valence-electron chi connectivity index (χ4n) is 1.47. The standard InChI is InChI=1S/C13H14N2O2/c14-11-4-6-12(7-5-11)17-10-9-15-8-2-1-3-13(15)16/h1-8H,9-10,14H2. The second-order valence-corrected chi connectivity index (χ2v) is 3.65. The van der Waals surface area contributed by atoms with Crippen LogP contribution in [0.15, 0.2) is 53.5 Å². The predicted octanol–water partition coefficient (Wildman–Crippen LogP) is 1.51. The van der Waals surface area contributed by atoms with E-state index in [1.807, 2.05) is 18.2 Å². The number of rotatable bonds is 4. The average Bonchev–Trinajstić information content (AvgIpc) is 2.34. The molecule has 2 rings (SSSR count). The van der Waals surface area contributed by atoms with Crippen LogP contribution in [0.5, 0.6) is 5.75 Å². The van der Waals surface area contributed by atoms with E-state index in [-0.39, 0.29) is 5.56 Å². The van der Waals surface area contributed by atoms with E-state index in [9.17, 15) is 4.79 Å². The zero-order valence-corrected chi connectivity index (χ0v) is 9.37. The third kappa shape index (κ3) is 3.11. The lowest BCUT2D eigenvalue weighted by Gasteiger charge is -2.07. The van der Waals surface area contributed by atoms with Crippen LogP contribution in [0.25, 0.3) is 0 Å². The summed E-state index contributed by atoms with van der Waals surface area (Å²) in [6.45, 7) is 0.984. The van der Waals surface area contributed by atoms with Gasteiger partial charge in [-0.25, -0.2) is 0 Å². The number of hydrogen-bond acceptors (Lipinski definition) is 3. The Bertz CT molecular complexity index is 532. The molecule has 0 radical (unpaired) electrons. The molecule has 0 spiro atoms. The van der Waals surface area contributed by atoms with Crippen LogP contribution in [0.4, 0.5) is 5.69 Å². The van der Waals surface area contributed by atoms with E-state index < -0.39 is 0 Å². The van der Waals surface area contributed by atoms with Crippen molar-refractivity contribution in [3.63, 3.8) is 0 Å². The number of pyridine rings is 1. The Morgan fingerprint density at radius 1 is 1.12 bits per heavy atom. The molecule has 1 heterocycles. The summed E-state index contributed by atoms with van der Waals surface area (Å²) >= 11 is 0. The summed E-state index contributed by atoms with van der Waals surface area (Å²) in [5, 5.41) is 0. The second kappa shape index (κ2) is 5.21. The van der Waals surface area contributed by atoms with Crippen molar-refractivity contribution in [2.45, 2.75) is 6.54 Å². The summed E-state index contributed by atoms with van der Waals surface area (Å²) in [5.41, 5.74) is 6.25. The highest BCUT2D eigenvalue weighted by molar-refractivity contribution is 5.41. The molecule has 1 aromatic carbocycles. The summed E-state index contributed by atoms with van der Waals surface area (Å²) in [6, 6.07) is 12.3. The van der Waals surface area contributed by atoms with Crippen molar-refractivity contribution in [1.82, 2.24) is 4.57 Å². The van der Waals surface area contributed by atoms with Gasteiger partial charge in [0.25, 0.3) is 5.56 Å². The first-order valence-electron chi connectivity index (χ1n) is 5.39. The molecule has 0 atom stereocenters. The van der Waals surface area contributed by atoms with Crippen LogP contribution in [0.3, 0.4) is 0 Å². The zero-order valence-electron chi connectivity index (χ0n) is 9.37. The Hall–Kier alpha value is -2.23. The molecule has 1 aromatic heterocycles. The maximum absolute atomic E-state index is 11.4. The first-order chi connectivity index (χ1) is 8.25. The molecule has 0 aliphatic heterocycles. The minimum atomic E-state index is -0.0200. The number of aromatic nitrogens is 1. The third-order valence-corrected chi connectivity index (χ3v) is 2.38. The lowest BCUT2D eigenvalue weighted by molar-refractivity contribution is 0.296. The van der Waals surface area contributed by atoms with Gasteiger partial charge in [0.15, 0.2) is 0 Å². The molecule has 4 nitrogen and oxygen atoms in total. The highest BCUT2D eigenvalue weighted by Crippen LogP contribution is 2.12. The lowest BCUT2D eigenvalue weighted by Crippen LogP contribution is -2.21. The number of anilines is 1. The average molecular weight is 230 g/mol. The topological polar surface area (TPSA) is 57.2 Å². The molecule has 0 saturated carbocycles. The Balaban J connectivity index is 1.90. The monoisotopic (exact) mass is 230 g/mol. The van der Waals surface area contributed by atoms with Crippen molar-refractivity contribution in [3.8, 4) is 5.75 Å². The summed E-state index contributed by atoms with van der Waals surface area (Å²) in [5.74, 6) is 0.753. The van der Waals surface area contributed by atoms with Gasteiger partial charge in [0.1, 0.15) is 12.4 Å². The van der Waals surface area contributed by atoms with E-state index in [0.717, 1.165) is 5.75 Å². The highest BCUT2D eigenvalue weighted by atomic mass is 16.5. The Labute approximate surface area is 99.3 Å².